The van der Waals surface area contributed by atoms with E-state index in [-0.39, 0.29) is 0 Å². The second-order valence-corrected chi connectivity index (χ2v) is 2.64. The average molecular weight is 138 g/mol. The third kappa shape index (κ3) is 1.87. The Balaban J connectivity index is 2.41. The number of hydrogen-bond acceptors (Lipinski definition) is 2. The van der Waals surface area contributed by atoms with E-state index >= 15 is 0 Å². The zero-order valence-electron chi connectivity index (χ0n) is 6.38. The first kappa shape index (κ1) is 7.32. The summed E-state index contributed by atoms with van der Waals surface area (Å²) in [7, 11) is 0. The first-order valence-electron chi connectivity index (χ1n) is 3.82. The minimum atomic E-state index is 0.674. The van der Waals surface area contributed by atoms with Crippen LogP contribution in [0.4, 0.5) is 0 Å². The van der Waals surface area contributed by atoms with Gasteiger partial charge in [0.15, 0.2) is 0 Å². The summed E-state index contributed by atoms with van der Waals surface area (Å²) < 4.78 is 0. The van der Waals surface area contributed by atoms with Crippen molar-refractivity contribution in [1.82, 2.24) is 0 Å². The summed E-state index contributed by atoms with van der Waals surface area (Å²) in [5.41, 5.74) is 1.07. The van der Waals surface area contributed by atoms with Crippen LogP contribution in [0.5, 0.6) is 0 Å². The molecule has 0 spiro atoms. The number of hydrogen-bond donors (Lipinski definition) is 1. The van der Waals surface area contributed by atoms with Crippen molar-refractivity contribution in [2.75, 3.05) is 0 Å². The molecule has 0 unspecified atom stereocenters. The van der Waals surface area contributed by atoms with Gasteiger partial charge in [-0.3, -0.25) is 0 Å². The van der Waals surface area contributed by atoms with Crippen LogP contribution in [-0.4, -0.2) is 5.71 Å². The highest BCUT2D eigenvalue weighted by molar-refractivity contribution is 5.98. The first-order chi connectivity index (χ1) is 4.88. The highest BCUT2D eigenvalue weighted by Gasteiger charge is 2.25. The van der Waals surface area contributed by atoms with Crippen molar-refractivity contribution < 1.29 is 0 Å². The van der Waals surface area contributed by atoms with Gasteiger partial charge >= 0.3 is 0 Å². The molecule has 1 saturated carbocycles. The molecule has 0 heterocycles. The van der Waals surface area contributed by atoms with Gasteiger partial charge in [0.25, 0.3) is 0 Å². The Morgan fingerprint density at radius 1 is 1.70 bits per heavy atom. The second kappa shape index (κ2) is 3.40. The van der Waals surface area contributed by atoms with E-state index in [1.165, 1.54) is 12.8 Å². The van der Waals surface area contributed by atoms with E-state index in [4.69, 9.17) is 5.84 Å². The number of hydrazone groups is 1. The van der Waals surface area contributed by atoms with Gasteiger partial charge in [0.05, 0.1) is 5.71 Å². The molecule has 0 saturated heterocycles. The Bertz CT molecular complexity index is 155. The molecule has 0 aliphatic heterocycles. The lowest BCUT2D eigenvalue weighted by atomic mass is 10.2. The normalized spacial score (nSPS) is 20.3. The van der Waals surface area contributed by atoms with Crippen molar-refractivity contribution >= 4 is 5.71 Å². The molecule has 1 fully saturated rings. The number of rotatable bonds is 3. The molecule has 2 N–H and O–H groups in total. The molecule has 2 nitrogen and oxygen atoms in total. The van der Waals surface area contributed by atoms with E-state index in [2.05, 4.69) is 18.1 Å². The molecule has 0 aromatic heterocycles. The summed E-state index contributed by atoms with van der Waals surface area (Å²) in [6.07, 6.45) is 7.74. The lowest BCUT2D eigenvalue weighted by Gasteiger charge is -1.92. The Labute approximate surface area is 61.8 Å². The maximum absolute atomic E-state index is 5.19. The van der Waals surface area contributed by atoms with Gasteiger partial charge in [-0.2, -0.15) is 5.10 Å². The van der Waals surface area contributed by atoms with E-state index in [1.807, 2.05) is 6.08 Å². The minimum absolute atomic E-state index is 0.674. The summed E-state index contributed by atoms with van der Waals surface area (Å²) in [5.74, 6) is 5.87. The van der Waals surface area contributed by atoms with Gasteiger partial charge < -0.3 is 5.84 Å². The zero-order valence-corrected chi connectivity index (χ0v) is 6.38. The van der Waals surface area contributed by atoms with Crippen molar-refractivity contribution in [3.63, 3.8) is 0 Å². The van der Waals surface area contributed by atoms with E-state index in [9.17, 15) is 0 Å². The Kier molecular flexibility index (Phi) is 2.49. The molecule has 0 aromatic carbocycles. The van der Waals surface area contributed by atoms with E-state index in [0.717, 1.165) is 12.1 Å². The van der Waals surface area contributed by atoms with Crippen LogP contribution in [0.1, 0.15) is 26.2 Å². The molecule has 10 heavy (non-hydrogen) atoms. The Morgan fingerprint density at radius 3 is 2.80 bits per heavy atom. The molecule has 0 aromatic rings. The fourth-order valence-electron chi connectivity index (χ4n) is 0.902. The molecule has 0 radical (unpaired) electrons. The molecular formula is C8H14N2. The number of nitrogens with zero attached hydrogens (tertiary/aromatic N) is 1. The number of nitrogens with two attached hydrogens (primary N) is 1. The van der Waals surface area contributed by atoms with Crippen molar-refractivity contribution in [3.05, 3.63) is 12.2 Å². The standard InChI is InChI=1S/C8H14N2/c1-2-3-4-8(10-9)7-5-6-7/h3-4,7H,2,5-6,9H2,1H3/b4-3-,10-8+. The highest BCUT2D eigenvalue weighted by atomic mass is 15.1. The third-order valence-corrected chi connectivity index (χ3v) is 1.67. The molecule has 56 valence electrons. The molecule has 1 aliphatic carbocycles. The largest absolute Gasteiger partial charge is 0.323 e. The van der Waals surface area contributed by atoms with Crippen LogP contribution in [0.15, 0.2) is 17.3 Å². The van der Waals surface area contributed by atoms with Crippen LogP contribution in [0, 0.1) is 5.92 Å². The van der Waals surface area contributed by atoms with Crippen LogP contribution in [0.3, 0.4) is 0 Å². The summed E-state index contributed by atoms with van der Waals surface area (Å²) in [5, 5.41) is 3.72. The number of allylic oxidation sites excluding steroid dienone is 2. The van der Waals surface area contributed by atoms with Crippen LogP contribution in [0.2, 0.25) is 0 Å². The lowest BCUT2D eigenvalue weighted by Crippen LogP contribution is -1.99. The molecule has 0 bridgehead atoms. The molecule has 0 atom stereocenters. The summed E-state index contributed by atoms with van der Waals surface area (Å²) in [6.45, 7) is 2.11. The van der Waals surface area contributed by atoms with Gasteiger partial charge in [0, 0.05) is 5.92 Å². The van der Waals surface area contributed by atoms with E-state index in [1.54, 1.807) is 0 Å². The van der Waals surface area contributed by atoms with Crippen molar-refractivity contribution in [2.45, 2.75) is 26.2 Å². The maximum atomic E-state index is 5.19. The minimum Gasteiger partial charge on any atom is -0.323 e. The predicted molar refractivity (Wildman–Crippen MR) is 43.8 cm³/mol. The average Bonchev–Trinajstić information content (AvgIpc) is 2.73. The maximum Gasteiger partial charge on any atom is 0.0628 e. The topological polar surface area (TPSA) is 38.4 Å². The van der Waals surface area contributed by atoms with Crippen LogP contribution in [0.25, 0.3) is 0 Å². The van der Waals surface area contributed by atoms with Gasteiger partial charge in [-0.25, -0.2) is 0 Å². The highest BCUT2D eigenvalue weighted by Crippen LogP contribution is 2.30. The van der Waals surface area contributed by atoms with Gasteiger partial charge in [0.1, 0.15) is 0 Å². The summed E-state index contributed by atoms with van der Waals surface area (Å²) in [4.78, 5) is 0. The summed E-state index contributed by atoms with van der Waals surface area (Å²) >= 11 is 0. The Morgan fingerprint density at radius 2 is 2.40 bits per heavy atom. The van der Waals surface area contributed by atoms with Crippen LogP contribution < -0.4 is 5.84 Å². The quantitative estimate of drug-likeness (QED) is 0.359. The van der Waals surface area contributed by atoms with Crippen molar-refractivity contribution in [3.8, 4) is 0 Å². The fraction of sp³-hybridized carbons (Fsp3) is 0.625. The molecule has 1 rings (SSSR count). The molecule has 1 aliphatic rings. The van der Waals surface area contributed by atoms with Gasteiger partial charge in [-0.1, -0.05) is 13.0 Å². The van der Waals surface area contributed by atoms with E-state index in [0.29, 0.717) is 5.92 Å². The summed E-state index contributed by atoms with van der Waals surface area (Å²) in [6, 6.07) is 0. The van der Waals surface area contributed by atoms with Crippen LogP contribution >= 0.6 is 0 Å². The van der Waals surface area contributed by atoms with Crippen molar-refractivity contribution in [1.29, 1.82) is 0 Å². The van der Waals surface area contributed by atoms with Crippen LogP contribution in [-0.2, 0) is 0 Å². The third-order valence-electron chi connectivity index (χ3n) is 1.67. The van der Waals surface area contributed by atoms with E-state index < -0.39 is 0 Å². The lowest BCUT2D eigenvalue weighted by molar-refractivity contribution is 1.13. The Hall–Kier alpha value is -0.790. The zero-order chi connectivity index (χ0) is 7.40. The smallest absolute Gasteiger partial charge is 0.0628 e. The second-order valence-electron chi connectivity index (χ2n) is 2.64. The van der Waals surface area contributed by atoms with Gasteiger partial charge in [-0.15, -0.1) is 0 Å². The SMILES string of the molecule is CC/C=C\C(=N/N)C1CC1. The van der Waals surface area contributed by atoms with Crippen molar-refractivity contribution in [2.24, 2.45) is 16.9 Å². The molecular weight excluding hydrogens is 124 g/mol. The van der Waals surface area contributed by atoms with Gasteiger partial charge in [0.2, 0.25) is 0 Å². The molecule has 2 heteroatoms. The first-order valence-corrected chi connectivity index (χ1v) is 3.82. The fourth-order valence-corrected chi connectivity index (χ4v) is 0.902. The predicted octanol–water partition coefficient (Wildman–Crippen LogP) is 1.68. The molecule has 0 amide bonds. The van der Waals surface area contributed by atoms with Gasteiger partial charge in [-0.05, 0) is 25.3 Å². The monoisotopic (exact) mass is 138 g/mol.